The molecule has 1 atom stereocenters. The van der Waals surface area contributed by atoms with Crippen molar-refractivity contribution in [3.05, 3.63) is 109 Å². The third-order valence-electron chi connectivity index (χ3n) is 11.6. The summed E-state index contributed by atoms with van der Waals surface area (Å²) in [5, 5.41) is 0. The van der Waals surface area contributed by atoms with Crippen molar-refractivity contribution in [1.29, 1.82) is 0 Å². The van der Waals surface area contributed by atoms with Gasteiger partial charge >= 0.3 is 17.9 Å². The van der Waals surface area contributed by atoms with Gasteiger partial charge in [0.25, 0.3) is 0 Å². The number of hydrogen-bond donors (Lipinski definition) is 0. The molecule has 0 fully saturated rings. The van der Waals surface area contributed by atoms with Gasteiger partial charge in [-0.1, -0.05) is 226 Å². The van der Waals surface area contributed by atoms with Gasteiger partial charge in [0.1, 0.15) is 13.2 Å². The van der Waals surface area contributed by atoms with Crippen LogP contribution >= 0.6 is 0 Å². The van der Waals surface area contributed by atoms with Gasteiger partial charge < -0.3 is 14.2 Å². The standard InChI is InChI=1S/C62H102O6/c1-4-7-10-13-16-19-22-25-27-29-31-33-34-37-40-43-46-49-52-55-61(64)67-58-59(57-66-60(63)54-51-48-45-42-39-36-24-21-18-15-12-9-6-3)68-62(65)56-53-50-47-44-41-38-35-32-30-28-26-23-20-17-14-11-8-5-2/h7,9-10,12,15-16,18-19,21,24-25,27,31-33,35,37,40,59H,4-6,8,11,13-14,17,20,22-23,26,28-30,34,36,38-39,41-58H2,1-3H3/b10-7+,12-9+,18-15+,19-16+,24-21+,27-25+,33-31+,35-32+,40-37+. The molecule has 0 aliphatic rings. The van der Waals surface area contributed by atoms with Crippen LogP contribution in [0.25, 0.3) is 0 Å². The van der Waals surface area contributed by atoms with Gasteiger partial charge in [-0.15, -0.1) is 0 Å². The largest absolute Gasteiger partial charge is 0.462 e. The van der Waals surface area contributed by atoms with Crippen LogP contribution in [0.2, 0.25) is 0 Å². The van der Waals surface area contributed by atoms with Crippen molar-refractivity contribution >= 4 is 17.9 Å². The van der Waals surface area contributed by atoms with Crippen molar-refractivity contribution < 1.29 is 28.6 Å². The summed E-state index contributed by atoms with van der Waals surface area (Å²) in [6.07, 6.45) is 75.1. The fourth-order valence-corrected chi connectivity index (χ4v) is 7.40. The molecular weight excluding hydrogens is 841 g/mol. The quantitative estimate of drug-likeness (QED) is 0.0199. The second kappa shape index (κ2) is 55.7. The lowest BCUT2D eigenvalue weighted by Gasteiger charge is -2.18. The van der Waals surface area contributed by atoms with E-state index < -0.39 is 6.10 Å². The molecule has 0 saturated carbocycles. The Morgan fingerprint density at radius 1 is 0.324 bits per heavy atom. The molecule has 0 amide bonds. The fraction of sp³-hybridized carbons (Fsp3) is 0.661. The number of carbonyl (C=O) groups is 3. The SMILES string of the molecule is CC/C=C/C=C/C=C/CCCCCCCC(=O)OCC(COC(=O)CCCCC/C=C/C/C=C/C/C=C/C/C=C/C/C=C/CC)OC(=O)CCCCCCC/C=C/CCCCCCCCCCC. The number of carbonyl (C=O) groups excluding carboxylic acids is 3. The second-order valence-corrected chi connectivity index (χ2v) is 18.1. The first-order valence-electron chi connectivity index (χ1n) is 27.9. The van der Waals surface area contributed by atoms with E-state index in [1.54, 1.807) is 0 Å². The summed E-state index contributed by atoms with van der Waals surface area (Å²) in [6, 6.07) is 0. The molecule has 386 valence electrons. The number of rotatable bonds is 49. The molecule has 0 aromatic heterocycles. The lowest BCUT2D eigenvalue weighted by molar-refractivity contribution is -0.167. The highest BCUT2D eigenvalue weighted by atomic mass is 16.6. The molecule has 0 N–H and O–H groups in total. The minimum atomic E-state index is -0.807. The Morgan fingerprint density at radius 2 is 0.647 bits per heavy atom. The van der Waals surface area contributed by atoms with E-state index in [2.05, 4.69) is 130 Å². The molecule has 0 aromatic rings. The summed E-state index contributed by atoms with van der Waals surface area (Å²) in [7, 11) is 0. The van der Waals surface area contributed by atoms with Crippen molar-refractivity contribution in [2.24, 2.45) is 0 Å². The Bertz CT molecular complexity index is 1410. The Labute approximate surface area is 419 Å². The van der Waals surface area contributed by atoms with E-state index in [1.165, 1.54) is 70.6 Å². The molecule has 6 nitrogen and oxygen atoms in total. The zero-order chi connectivity index (χ0) is 49.3. The zero-order valence-corrected chi connectivity index (χ0v) is 44.1. The van der Waals surface area contributed by atoms with Gasteiger partial charge in [0.05, 0.1) is 0 Å². The molecule has 6 heteroatoms. The molecule has 0 heterocycles. The Balaban J connectivity index is 4.48. The van der Waals surface area contributed by atoms with Gasteiger partial charge in [0.15, 0.2) is 6.10 Å². The number of esters is 3. The van der Waals surface area contributed by atoms with Gasteiger partial charge in [0, 0.05) is 19.3 Å². The van der Waals surface area contributed by atoms with E-state index in [4.69, 9.17) is 14.2 Å². The predicted octanol–water partition coefficient (Wildman–Crippen LogP) is 18.7. The van der Waals surface area contributed by atoms with Crippen LogP contribution in [0.5, 0.6) is 0 Å². The van der Waals surface area contributed by atoms with E-state index >= 15 is 0 Å². The first kappa shape index (κ1) is 64.1. The highest BCUT2D eigenvalue weighted by Gasteiger charge is 2.19. The van der Waals surface area contributed by atoms with Gasteiger partial charge in [-0.2, -0.15) is 0 Å². The summed E-state index contributed by atoms with van der Waals surface area (Å²) in [5.41, 5.74) is 0. The third kappa shape index (κ3) is 53.0. The molecule has 0 aliphatic heterocycles. The Morgan fingerprint density at radius 3 is 1.09 bits per heavy atom. The summed E-state index contributed by atoms with van der Waals surface area (Å²) in [4.78, 5) is 38.1. The highest BCUT2D eigenvalue weighted by molar-refractivity contribution is 5.71. The van der Waals surface area contributed by atoms with Crippen LogP contribution in [-0.4, -0.2) is 37.2 Å². The van der Waals surface area contributed by atoms with Gasteiger partial charge in [-0.25, -0.2) is 0 Å². The van der Waals surface area contributed by atoms with Gasteiger partial charge in [0.2, 0.25) is 0 Å². The van der Waals surface area contributed by atoms with Crippen LogP contribution in [0.1, 0.15) is 245 Å². The highest BCUT2D eigenvalue weighted by Crippen LogP contribution is 2.14. The maximum absolute atomic E-state index is 12.8. The summed E-state index contributed by atoms with van der Waals surface area (Å²) in [6.45, 7) is 6.34. The van der Waals surface area contributed by atoms with Crippen LogP contribution in [-0.2, 0) is 28.6 Å². The maximum atomic E-state index is 12.8. The molecule has 0 aromatic carbocycles. The minimum Gasteiger partial charge on any atom is -0.462 e. The van der Waals surface area contributed by atoms with Crippen molar-refractivity contribution in [3.8, 4) is 0 Å². The second-order valence-electron chi connectivity index (χ2n) is 18.1. The van der Waals surface area contributed by atoms with Crippen LogP contribution in [0.4, 0.5) is 0 Å². The van der Waals surface area contributed by atoms with E-state index in [1.807, 2.05) is 0 Å². The van der Waals surface area contributed by atoms with E-state index in [9.17, 15) is 14.4 Å². The van der Waals surface area contributed by atoms with Crippen molar-refractivity contribution in [2.75, 3.05) is 13.2 Å². The van der Waals surface area contributed by atoms with Crippen LogP contribution in [0.15, 0.2) is 109 Å². The number of unbranched alkanes of at least 4 members (excludes halogenated alkanes) is 22. The molecule has 0 bridgehead atoms. The van der Waals surface area contributed by atoms with Crippen LogP contribution in [0, 0.1) is 0 Å². The maximum Gasteiger partial charge on any atom is 0.306 e. The lowest BCUT2D eigenvalue weighted by Crippen LogP contribution is -2.30. The molecule has 0 aliphatic carbocycles. The van der Waals surface area contributed by atoms with Crippen molar-refractivity contribution in [2.45, 2.75) is 252 Å². The molecule has 0 rings (SSSR count). The first-order chi connectivity index (χ1) is 33.5. The summed E-state index contributed by atoms with van der Waals surface area (Å²) in [5.74, 6) is -0.965. The Kier molecular flexibility index (Phi) is 52.4. The molecule has 0 saturated heterocycles. The first-order valence-corrected chi connectivity index (χ1v) is 27.9. The van der Waals surface area contributed by atoms with Gasteiger partial charge in [-0.3, -0.25) is 14.4 Å². The van der Waals surface area contributed by atoms with Crippen molar-refractivity contribution in [1.82, 2.24) is 0 Å². The molecular formula is C62H102O6. The third-order valence-corrected chi connectivity index (χ3v) is 11.6. The monoisotopic (exact) mass is 943 g/mol. The zero-order valence-electron chi connectivity index (χ0n) is 44.1. The smallest absolute Gasteiger partial charge is 0.306 e. The van der Waals surface area contributed by atoms with E-state index in [0.717, 1.165) is 135 Å². The van der Waals surface area contributed by atoms with Gasteiger partial charge in [-0.05, 0) is 109 Å². The molecule has 68 heavy (non-hydrogen) atoms. The summed E-state index contributed by atoms with van der Waals surface area (Å²) >= 11 is 0. The molecule has 1 unspecified atom stereocenters. The average molecular weight is 943 g/mol. The van der Waals surface area contributed by atoms with Crippen LogP contribution in [0.3, 0.4) is 0 Å². The van der Waals surface area contributed by atoms with Crippen molar-refractivity contribution in [3.63, 3.8) is 0 Å². The normalized spacial score (nSPS) is 12.9. The number of ether oxygens (including phenoxy) is 3. The number of hydrogen-bond acceptors (Lipinski definition) is 6. The number of allylic oxidation sites excluding steroid dienone is 18. The molecule has 0 spiro atoms. The van der Waals surface area contributed by atoms with Crippen LogP contribution < -0.4 is 0 Å². The predicted molar refractivity (Wildman–Crippen MR) is 293 cm³/mol. The topological polar surface area (TPSA) is 78.9 Å². The van der Waals surface area contributed by atoms with E-state index in [0.29, 0.717) is 19.3 Å². The summed E-state index contributed by atoms with van der Waals surface area (Å²) < 4.78 is 16.8. The van der Waals surface area contributed by atoms with E-state index in [-0.39, 0.29) is 31.1 Å². The average Bonchev–Trinajstić information content (AvgIpc) is 3.34. The Hall–Kier alpha value is -3.93. The molecule has 0 radical (unpaired) electrons. The lowest BCUT2D eigenvalue weighted by atomic mass is 10.1. The fourth-order valence-electron chi connectivity index (χ4n) is 7.40. The minimum absolute atomic E-state index is 0.104.